The number of ether oxygens (including phenoxy) is 7. The van der Waals surface area contributed by atoms with Crippen LogP contribution in [0, 0.1) is 92.7 Å². The summed E-state index contributed by atoms with van der Waals surface area (Å²) in [6.45, 7) is 34.5. The molecule has 0 aromatic heterocycles. The van der Waals surface area contributed by atoms with Crippen LogP contribution < -0.4 is 29.6 Å². The number of methoxy groups -OCH3 is 2. The van der Waals surface area contributed by atoms with Crippen LogP contribution in [-0.2, 0) is 33.2 Å². The van der Waals surface area contributed by atoms with Gasteiger partial charge in [0, 0.05) is 71.4 Å². The van der Waals surface area contributed by atoms with E-state index in [9.17, 15) is 9.59 Å². The third-order valence-corrected chi connectivity index (χ3v) is 26.7. The molecule has 8 fully saturated rings. The molecule has 2 heterocycles. The molecule has 92 heavy (non-hydrogen) atoms. The van der Waals surface area contributed by atoms with Crippen molar-refractivity contribution in [2.45, 2.75) is 273 Å². The summed E-state index contributed by atoms with van der Waals surface area (Å²) < 4.78 is 39.0. The molecule has 0 aromatic rings. The van der Waals surface area contributed by atoms with Crippen molar-refractivity contribution in [3.63, 3.8) is 0 Å². The molecule has 0 amide bonds. The Labute approximate surface area is 590 Å². The molecule has 2 unspecified atom stereocenters. The zero-order valence-corrected chi connectivity index (χ0v) is 63.8. The zero-order chi connectivity index (χ0) is 65.3. The third kappa shape index (κ3) is 20.5. The van der Waals surface area contributed by atoms with Gasteiger partial charge in [-0.1, -0.05) is 131 Å². The van der Waals surface area contributed by atoms with Crippen LogP contribution in [0.1, 0.15) is 250 Å². The number of aliphatic hydroxyl groups excluding tert-OH is 1. The summed E-state index contributed by atoms with van der Waals surface area (Å²) in [6.07, 6.45) is 39.5. The first-order valence-electron chi connectivity index (χ1n) is 38.0. The van der Waals surface area contributed by atoms with E-state index in [1.165, 1.54) is 142 Å². The summed E-state index contributed by atoms with van der Waals surface area (Å²) in [6, 6.07) is 0. The molecule has 0 spiro atoms. The summed E-state index contributed by atoms with van der Waals surface area (Å²) in [4.78, 5) is 28.7. The summed E-state index contributed by atoms with van der Waals surface area (Å²) in [5.41, 5.74) is 4.11. The first kappa shape index (κ1) is 78.6. The number of rotatable bonds is 29. The average molecular weight is 1320 g/mol. The molecular weight excluding hydrogens is 1180 g/mol. The summed E-state index contributed by atoms with van der Waals surface area (Å²) >= 11 is 5.51. The Morgan fingerprint density at radius 2 is 1.00 bits per heavy atom. The summed E-state index contributed by atoms with van der Waals surface area (Å²) in [5.74, 6) is 10.3. The number of allylic oxidation sites excluding steroid dienone is 2. The second-order valence-electron chi connectivity index (χ2n) is 33.2. The Bertz CT molecular complexity index is 2270. The Kier molecular flexibility index (Phi) is 32.1. The number of halogens is 1. The number of nitrogens with zero attached hydrogens (tertiary/aromatic N) is 2. The molecule has 8 aliphatic carbocycles. The van der Waals surface area contributed by atoms with Crippen molar-refractivity contribution < 1.29 is 78.8 Å². The molecule has 526 valence electrons. The molecule has 6 saturated carbocycles. The van der Waals surface area contributed by atoms with Crippen LogP contribution in [-0.4, -0.2) is 144 Å². The van der Waals surface area contributed by atoms with E-state index < -0.39 is 11.6 Å². The molecule has 2 saturated heterocycles. The van der Waals surface area contributed by atoms with Crippen molar-refractivity contribution in [2.75, 3.05) is 93.1 Å². The molecule has 14 heteroatoms. The number of likely N-dealkylation sites (tertiary alicyclic amines) is 2. The molecule has 0 aromatic carbocycles. The maximum absolute atomic E-state index is 12.6. The summed E-state index contributed by atoms with van der Waals surface area (Å²) in [7, 11) is 3.42. The van der Waals surface area contributed by atoms with E-state index in [0.29, 0.717) is 62.1 Å². The largest absolute Gasteiger partial charge is 1.00 e. The van der Waals surface area contributed by atoms with Gasteiger partial charge in [0.1, 0.15) is 12.2 Å². The Morgan fingerprint density at radius 1 is 0.565 bits per heavy atom. The van der Waals surface area contributed by atoms with Gasteiger partial charge in [0.15, 0.2) is 0 Å². The van der Waals surface area contributed by atoms with Gasteiger partial charge in [0.25, 0.3) is 0 Å². The maximum atomic E-state index is 12.6. The molecule has 12 nitrogen and oxygen atoms in total. The third-order valence-electron chi connectivity index (χ3n) is 26.6. The maximum Gasteiger partial charge on any atom is 1.00 e. The molecule has 2 aliphatic heterocycles. The van der Waals surface area contributed by atoms with E-state index in [0.717, 1.165) is 136 Å². The number of hydrogen-bond donors (Lipinski definition) is 1. The van der Waals surface area contributed by atoms with E-state index in [2.05, 4.69) is 91.2 Å². The van der Waals surface area contributed by atoms with E-state index in [4.69, 9.17) is 49.9 Å². The van der Waals surface area contributed by atoms with Gasteiger partial charge in [0.05, 0.1) is 38.6 Å². The van der Waals surface area contributed by atoms with Crippen LogP contribution in [0.4, 0.5) is 9.59 Å². The van der Waals surface area contributed by atoms with Gasteiger partial charge >= 0.3 is 41.1 Å². The Balaban J connectivity index is 0.000000247. The minimum absolute atomic E-state index is 0. The minimum Gasteiger partial charge on any atom is -1.00 e. The molecule has 10 rings (SSSR count). The predicted molar refractivity (Wildman–Crippen MR) is 370 cm³/mol. The monoisotopic (exact) mass is 1320 g/mol. The fourth-order valence-electron chi connectivity index (χ4n) is 21.8. The van der Waals surface area contributed by atoms with Crippen molar-refractivity contribution in [1.29, 1.82) is 0 Å². The molecular formula is C78H136ClN2NaO10. The van der Waals surface area contributed by atoms with Crippen LogP contribution in [0.2, 0.25) is 0 Å². The number of fused-ring (bicyclic) bond motifs is 10. The second-order valence-corrected chi connectivity index (χ2v) is 33.5. The van der Waals surface area contributed by atoms with Gasteiger partial charge in [-0.15, -0.1) is 0 Å². The van der Waals surface area contributed by atoms with Gasteiger partial charge in [-0.05, 0) is 241 Å². The molecule has 0 bridgehead atoms. The quantitative estimate of drug-likeness (QED) is 0.0252. The molecule has 1 N–H and O–H groups in total. The van der Waals surface area contributed by atoms with E-state index in [1.54, 1.807) is 25.4 Å². The second kappa shape index (κ2) is 37.6. The van der Waals surface area contributed by atoms with Gasteiger partial charge in [-0.2, -0.15) is 0 Å². The number of hydrogen-bond acceptors (Lipinski definition) is 12. The number of carbonyl (C=O) groups is 2. The van der Waals surface area contributed by atoms with Gasteiger partial charge in [0.2, 0.25) is 0 Å². The SMILES string of the molecule is CC(C)CCC[C@@H](C)[C@H]1CC[C@H]2[C@@H]3CC=C4C[C@@H](OC(=O)Cl)CC[C@]4(C)[C@H]3CC[C@]12C.COCC(CN1CCCC1)OCCCO.COCC(CN1CCCC1)OCCCOC(=O)O[C@H]1CC[C@@]2(C)C(=CC[C@H]3[C@@H]4CC[C@H]([C@H](C)CCCC(C)C)[C@@]4(C)CC[C@@H]32)C1.[H-].[Na+]. The van der Waals surface area contributed by atoms with Crippen molar-refractivity contribution >= 4 is 23.2 Å². The molecule has 0 radical (unpaired) electrons. The van der Waals surface area contributed by atoms with Crippen molar-refractivity contribution in [3.8, 4) is 0 Å². The van der Waals surface area contributed by atoms with Crippen LogP contribution >= 0.6 is 11.6 Å². The standard InChI is InChI=1S/C39H67NO5.C28H45ClO2.C11H23NO3.Na.H/c1-28(2)11-9-12-29(3)34-15-16-35-33-14-13-30-25-31(17-19-38(30,4)36(33)18-20-39(34,35)5)45-37(41)44-24-10-23-43-32(27-42-6)26-40-21-7-8-22-40;1-18(2)7-6-8-19(3)23-11-12-24-22-10-9-20-17-21(31-26(29)30)13-15-27(20,4)25(22)14-16-28(23,24)5;1-14-10-11(15-8-4-7-13)9-12-5-2-3-6-12;;/h13,28-29,31-36H,7-12,14-27H2,1-6H3;9,18-19,21-25H,6-8,10-17H2,1-5H3;11,13H,2-10H2,1H3;;/q;;;+1;-1/t29-,31+,32?,33+,34-,35+,36+,38+,39-;19-,21+,22+,23-,24+,25+,27+,28-;;;/m11.../s1. The first-order chi connectivity index (χ1) is 43.6. The molecule has 10 aliphatic rings. The van der Waals surface area contributed by atoms with Gasteiger partial charge in [-0.25, -0.2) is 9.59 Å². The average Bonchev–Trinajstić information content (AvgIpc) is 1.71. The van der Waals surface area contributed by atoms with Crippen LogP contribution in [0.5, 0.6) is 0 Å². The van der Waals surface area contributed by atoms with Crippen molar-refractivity contribution in [3.05, 3.63) is 23.3 Å². The summed E-state index contributed by atoms with van der Waals surface area (Å²) in [5, 5.41) is 8.67. The molecule has 18 atom stereocenters. The van der Waals surface area contributed by atoms with Crippen LogP contribution in [0.3, 0.4) is 0 Å². The van der Waals surface area contributed by atoms with Gasteiger partial charge < -0.3 is 49.5 Å². The number of carbonyl (C=O) groups excluding carboxylic acids is 2. The van der Waals surface area contributed by atoms with Crippen molar-refractivity contribution in [2.24, 2.45) is 92.7 Å². The zero-order valence-electron chi connectivity index (χ0n) is 62.1. The van der Waals surface area contributed by atoms with E-state index in [1.807, 2.05) is 0 Å². The van der Waals surface area contributed by atoms with Crippen molar-refractivity contribution in [1.82, 2.24) is 9.80 Å². The fourth-order valence-corrected chi connectivity index (χ4v) is 21.9. The topological polar surface area (TPSA) is 125 Å². The fraction of sp³-hybridized carbons (Fsp3) is 0.923. The predicted octanol–water partition coefficient (Wildman–Crippen LogP) is 15.5. The normalized spacial score (nSPS) is 35.3. The van der Waals surface area contributed by atoms with E-state index >= 15 is 0 Å². The van der Waals surface area contributed by atoms with E-state index in [-0.39, 0.29) is 67.4 Å². The smallest absolute Gasteiger partial charge is 1.00 e. The van der Waals surface area contributed by atoms with Crippen LogP contribution in [0.15, 0.2) is 23.3 Å². The minimum atomic E-state index is -0.643. The Hall–Kier alpha value is -0.770. The van der Waals surface area contributed by atoms with Crippen LogP contribution in [0.25, 0.3) is 0 Å². The number of aliphatic hydroxyl groups is 1. The Morgan fingerprint density at radius 3 is 1.41 bits per heavy atom. The van der Waals surface area contributed by atoms with Gasteiger partial charge in [-0.3, -0.25) is 0 Å². The first-order valence-corrected chi connectivity index (χ1v) is 38.4.